The first-order valence-electron chi connectivity index (χ1n) is 1.15. The molecule has 2 unspecified atom stereocenters. The molecule has 0 aromatic heterocycles. The third kappa shape index (κ3) is 27.0. The van der Waals surface area contributed by atoms with E-state index in [0.29, 0.717) is 0 Å². The maximum absolute atomic E-state index is 3.36. The molecule has 0 spiro atoms. The highest BCUT2D eigenvalue weighted by atomic mass is 31.0. The molecule has 0 bridgehead atoms. The molecule has 2 heteroatoms. The lowest BCUT2D eigenvalue weighted by atomic mass is 10.6. The SMILES string of the molecule is C=CC=C.P.P. The minimum atomic E-state index is 0. The zero-order valence-corrected chi connectivity index (χ0v) is 6.81. The highest BCUT2D eigenvalue weighted by molar-refractivity contribution is 6.92. The lowest BCUT2D eigenvalue weighted by Crippen LogP contribution is -1.21. The van der Waals surface area contributed by atoms with Gasteiger partial charge in [-0.05, 0) is 0 Å². The summed E-state index contributed by atoms with van der Waals surface area (Å²) in [6, 6.07) is 0. The van der Waals surface area contributed by atoms with Crippen LogP contribution in [0, 0.1) is 0 Å². The number of hydrogen-bond donors (Lipinski definition) is 0. The molecule has 0 aliphatic heterocycles. The molecule has 0 saturated heterocycles. The van der Waals surface area contributed by atoms with E-state index in [-0.39, 0.29) is 19.8 Å². The Bertz CT molecular complexity index is 26.5. The number of rotatable bonds is 1. The van der Waals surface area contributed by atoms with Crippen LogP contribution in [-0.2, 0) is 0 Å². The van der Waals surface area contributed by atoms with E-state index in [4.69, 9.17) is 0 Å². The standard InChI is InChI=1S/C4H6.2H3P/c1-3-4-2;;/h3-4H,1-2H2;2*1H3. The second-order valence-corrected chi connectivity index (χ2v) is 0.471. The van der Waals surface area contributed by atoms with Crippen molar-refractivity contribution in [1.29, 1.82) is 0 Å². The van der Waals surface area contributed by atoms with Crippen LogP contribution in [0.3, 0.4) is 0 Å². The monoisotopic (exact) mass is 122 g/mol. The summed E-state index contributed by atoms with van der Waals surface area (Å²) in [5, 5.41) is 0. The highest BCUT2D eigenvalue weighted by Gasteiger charge is 1.29. The van der Waals surface area contributed by atoms with Crippen molar-refractivity contribution in [3.63, 3.8) is 0 Å². The van der Waals surface area contributed by atoms with Crippen molar-refractivity contribution in [1.82, 2.24) is 0 Å². The van der Waals surface area contributed by atoms with Crippen LogP contribution in [0.1, 0.15) is 0 Å². The summed E-state index contributed by atoms with van der Waals surface area (Å²) in [6.07, 6.45) is 3.28. The average molecular weight is 122 g/mol. The van der Waals surface area contributed by atoms with Crippen LogP contribution >= 0.6 is 19.8 Å². The van der Waals surface area contributed by atoms with Gasteiger partial charge in [0.1, 0.15) is 0 Å². The summed E-state index contributed by atoms with van der Waals surface area (Å²) in [4.78, 5) is 0. The Morgan fingerprint density at radius 3 is 1.00 bits per heavy atom. The summed E-state index contributed by atoms with van der Waals surface area (Å²) in [7, 11) is 0. The van der Waals surface area contributed by atoms with Crippen molar-refractivity contribution in [2.45, 2.75) is 0 Å². The lowest BCUT2D eigenvalue weighted by Gasteiger charge is -1.44. The van der Waals surface area contributed by atoms with E-state index in [1.807, 2.05) is 0 Å². The molecular formula is C4H12P2. The van der Waals surface area contributed by atoms with Gasteiger partial charge in [0.05, 0.1) is 0 Å². The molecule has 0 aliphatic rings. The Kier molecular flexibility index (Phi) is 49.6. The smallest absolute Gasteiger partial charge is 0.0701 e. The zero-order chi connectivity index (χ0) is 3.41. The van der Waals surface area contributed by atoms with Crippen molar-refractivity contribution in [3.05, 3.63) is 25.3 Å². The van der Waals surface area contributed by atoms with Gasteiger partial charge in [0, 0.05) is 0 Å². The first-order chi connectivity index (χ1) is 1.91. The van der Waals surface area contributed by atoms with Gasteiger partial charge in [0.25, 0.3) is 0 Å². The Hall–Kier alpha value is 0.340. The van der Waals surface area contributed by atoms with Gasteiger partial charge in [-0.3, -0.25) is 0 Å². The van der Waals surface area contributed by atoms with E-state index in [1.54, 1.807) is 12.2 Å². The molecule has 0 amide bonds. The quantitative estimate of drug-likeness (QED) is 0.365. The van der Waals surface area contributed by atoms with E-state index in [0.717, 1.165) is 0 Å². The Morgan fingerprint density at radius 2 is 1.00 bits per heavy atom. The molecule has 38 valence electrons. The normalized spacial score (nSPS) is 3.33. The van der Waals surface area contributed by atoms with Crippen molar-refractivity contribution in [2.24, 2.45) is 0 Å². The average Bonchev–Trinajstić information content (AvgIpc) is 1.37. The third-order valence-electron chi connectivity index (χ3n) is 0.167. The molecule has 0 heterocycles. The van der Waals surface area contributed by atoms with E-state index >= 15 is 0 Å². The minimum Gasteiger partial charge on any atom is -0.153 e. The second kappa shape index (κ2) is 18.4. The van der Waals surface area contributed by atoms with E-state index in [1.165, 1.54) is 0 Å². The van der Waals surface area contributed by atoms with Crippen LogP contribution in [0.25, 0.3) is 0 Å². The molecule has 0 aromatic rings. The van der Waals surface area contributed by atoms with Crippen molar-refractivity contribution >= 4 is 19.8 Å². The Labute approximate surface area is 46.0 Å². The zero-order valence-electron chi connectivity index (χ0n) is 3.98. The van der Waals surface area contributed by atoms with Crippen LogP contribution in [0.4, 0.5) is 0 Å². The fourth-order valence-electron chi connectivity index (χ4n) is 0. The summed E-state index contributed by atoms with van der Waals surface area (Å²) < 4.78 is 0. The van der Waals surface area contributed by atoms with E-state index in [9.17, 15) is 0 Å². The molecule has 0 N–H and O–H groups in total. The summed E-state index contributed by atoms with van der Waals surface area (Å²) in [5.74, 6) is 0. The van der Waals surface area contributed by atoms with Crippen molar-refractivity contribution < 1.29 is 0 Å². The van der Waals surface area contributed by atoms with Crippen LogP contribution in [0.2, 0.25) is 0 Å². The lowest BCUT2D eigenvalue weighted by molar-refractivity contribution is 2.15. The summed E-state index contributed by atoms with van der Waals surface area (Å²) >= 11 is 0. The molecule has 2 atom stereocenters. The van der Waals surface area contributed by atoms with Gasteiger partial charge < -0.3 is 0 Å². The molecule has 0 aromatic carbocycles. The van der Waals surface area contributed by atoms with Crippen LogP contribution in [0.15, 0.2) is 25.3 Å². The molecule has 0 fully saturated rings. The van der Waals surface area contributed by atoms with Crippen LogP contribution < -0.4 is 0 Å². The first kappa shape index (κ1) is 16.2. The van der Waals surface area contributed by atoms with Gasteiger partial charge in [0.15, 0.2) is 0 Å². The predicted molar refractivity (Wildman–Crippen MR) is 42.6 cm³/mol. The number of hydrogen-bond acceptors (Lipinski definition) is 0. The number of allylic oxidation sites excluding steroid dienone is 2. The van der Waals surface area contributed by atoms with Gasteiger partial charge in [0.2, 0.25) is 0 Å². The van der Waals surface area contributed by atoms with Gasteiger partial charge in [-0.2, -0.15) is 19.8 Å². The van der Waals surface area contributed by atoms with Crippen LogP contribution in [0.5, 0.6) is 0 Å². The molecule has 6 heavy (non-hydrogen) atoms. The van der Waals surface area contributed by atoms with Crippen LogP contribution in [-0.4, -0.2) is 0 Å². The van der Waals surface area contributed by atoms with Gasteiger partial charge in [-0.25, -0.2) is 0 Å². The molecule has 0 aliphatic carbocycles. The molecule has 0 rings (SSSR count). The second-order valence-electron chi connectivity index (χ2n) is 0.471. The Morgan fingerprint density at radius 1 is 0.833 bits per heavy atom. The molecule has 0 saturated carbocycles. The van der Waals surface area contributed by atoms with Crippen molar-refractivity contribution in [2.75, 3.05) is 0 Å². The molecule has 0 radical (unpaired) electrons. The van der Waals surface area contributed by atoms with Crippen molar-refractivity contribution in [3.8, 4) is 0 Å². The maximum Gasteiger partial charge on any atom is -0.0701 e. The van der Waals surface area contributed by atoms with Gasteiger partial charge in [-0.15, -0.1) is 0 Å². The highest BCUT2D eigenvalue weighted by Crippen LogP contribution is 1.52. The summed E-state index contributed by atoms with van der Waals surface area (Å²) in [5.41, 5.74) is 0. The largest absolute Gasteiger partial charge is 0.153 e. The Balaban J connectivity index is -0.0000000450. The first-order valence-corrected chi connectivity index (χ1v) is 1.15. The van der Waals surface area contributed by atoms with E-state index in [2.05, 4.69) is 13.2 Å². The third-order valence-corrected chi connectivity index (χ3v) is 0.167. The fraction of sp³-hybridized carbons (Fsp3) is 0. The van der Waals surface area contributed by atoms with Gasteiger partial charge in [-0.1, -0.05) is 25.3 Å². The predicted octanol–water partition coefficient (Wildman–Crippen LogP) is 1.47. The minimum absolute atomic E-state index is 0. The van der Waals surface area contributed by atoms with E-state index < -0.39 is 0 Å². The molecular weight excluding hydrogens is 110 g/mol. The van der Waals surface area contributed by atoms with Gasteiger partial charge >= 0.3 is 0 Å². The topological polar surface area (TPSA) is 0 Å². The summed E-state index contributed by atoms with van der Waals surface area (Å²) in [6.45, 7) is 6.72. The maximum atomic E-state index is 3.36. The molecule has 0 nitrogen and oxygen atoms in total. The fourth-order valence-corrected chi connectivity index (χ4v) is 0.